The van der Waals surface area contributed by atoms with Crippen molar-refractivity contribution in [1.82, 2.24) is 4.57 Å². The lowest BCUT2D eigenvalue weighted by Gasteiger charge is -2.62. The molecule has 11 aromatic rings. The van der Waals surface area contributed by atoms with Crippen molar-refractivity contribution in [1.29, 1.82) is 0 Å². The van der Waals surface area contributed by atoms with E-state index < -0.39 is 5.41 Å². The highest BCUT2D eigenvalue weighted by atomic mass is 15.1. The van der Waals surface area contributed by atoms with Gasteiger partial charge < -0.3 is 9.47 Å². The van der Waals surface area contributed by atoms with E-state index in [1.165, 1.54) is 103 Å². The fourth-order valence-corrected chi connectivity index (χ4v) is 14.8. The van der Waals surface area contributed by atoms with Crippen LogP contribution in [0.5, 0.6) is 0 Å². The standard InChI is InChI=1S/C70H58N2/c1-47-41-55-43-48(2)44-56(42-47)70(55)64-26-14-13-25-63(64)69(53-19-5-3-6-20-53,54-21-7-4-8-22-54)66-46-60(39-40-65(66)70)71(59-38-33-49-17-9-10-18-52(49)45-59)57-34-29-50(30-35-57)51-31-36-58(37-32-51)72-67-27-15-11-23-61(67)62-24-12-16-28-68(62)72/h3-40,45-48,55-56H,41-44H2,1-2H3. The second-order valence-corrected chi connectivity index (χ2v) is 21.5. The van der Waals surface area contributed by atoms with Gasteiger partial charge in [0.05, 0.1) is 16.4 Å². The molecule has 0 amide bonds. The number of hydrogen-bond acceptors (Lipinski definition) is 1. The topological polar surface area (TPSA) is 8.17 Å². The van der Waals surface area contributed by atoms with Crippen LogP contribution in [0, 0.1) is 23.7 Å². The maximum absolute atomic E-state index is 2.63. The number of nitrogens with zero attached hydrogens (tertiary/aromatic N) is 2. The Balaban J connectivity index is 0.961. The minimum Gasteiger partial charge on any atom is -0.310 e. The van der Waals surface area contributed by atoms with Gasteiger partial charge in [0.1, 0.15) is 0 Å². The minimum atomic E-state index is -0.553. The van der Waals surface area contributed by atoms with Crippen molar-refractivity contribution < 1.29 is 0 Å². The van der Waals surface area contributed by atoms with Crippen LogP contribution in [0.1, 0.15) is 72.9 Å². The average Bonchev–Trinajstić information content (AvgIpc) is 3.77. The van der Waals surface area contributed by atoms with Gasteiger partial charge in [0.15, 0.2) is 0 Å². The van der Waals surface area contributed by atoms with Gasteiger partial charge in [-0.3, -0.25) is 0 Å². The molecule has 0 N–H and O–H groups in total. The van der Waals surface area contributed by atoms with Crippen LogP contribution in [0.25, 0.3) is 49.4 Å². The van der Waals surface area contributed by atoms with Crippen LogP contribution in [-0.2, 0) is 10.8 Å². The van der Waals surface area contributed by atoms with E-state index in [4.69, 9.17) is 0 Å². The quantitative estimate of drug-likeness (QED) is 0.155. The minimum absolute atomic E-state index is 0.0803. The van der Waals surface area contributed by atoms with Gasteiger partial charge in [-0.05, 0) is 165 Å². The maximum atomic E-state index is 2.63. The summed E-state index contributed by atoms with van der Waals surface area (Å²) in [6, 6.07) is 91.9. The predicted molar refractivity (Wildman–Crippen MR) is 301 cm³/mol. The van der Waals surface area contributed by atoms with Crippen LogP contribution in [0.2, 0.25) is 0 Å². The third-order valence-electron chi connectivity index (χ3n) is 17.5. The summed E-state index contributed by atoms with van der Waals surface area (Å²) in [5.74, 6) is 2.55. The fourth-order valence-electron chi connectivity index (χ4n) is 14.8. The number of hydrogen-bond donors (Lipinski definition) is 0. The van der Waals surface area contributed by atoms with Gasteiger partial charge in [-0.2, -0.15) is 0 Å². The van der Waals surface area contributed by atoms with Crippen LogP contribution in [-0.4, -0.2) is 4.57 Å². The summed E-state index contributed by atoms with van der Waals surface area (Å²) in [5, 5.41) is 5.02. The van der Waals surface area contributed by atoms with E-state index in [0.29, 0.717) is 23.7 Å². The van der Waals surface area contributed by atoms with Gasteiger partial charge in [-0.15, -0.1) is 0 Å². The number of fused-ring (bicyclic) bond motifs is 6. The summed E-state index contributed by atoms with van der Waals surface area (Å²) in [7, 11) is 0. The van der Waals surface area contributed by atoms with E-state index in [-0.39, 0.29) is 5.41 Å². The molecule has 2 bridgehead atoms. The van der Waals surface area contributed by atoms with Crippen LogP contribution in [0.3, 0.4) is 0 Å². The van der Waals surface area contributed by atoms with Crippen LogP contribution < -0.4 is 4.90 Å². The Kier molecular flexibility index (Phi) is 10.0. The van der Waals surface area contributed by atoms with E-state index in [1.807, 2.05) is 0 Å². The Morgan fingerprint density at radius 3 is 1.44 bits per heavy atom. The molecule has 0 aliphatic heterocycles. The van der Waals surface area contributed by atoms with Gasteiger partial charge in [0.25, 0.3) is 0 Å². The third kappa shape index (κ3) is 6.41. The summed E-state index contributed by atoms with van der Waals surface area (Å²) in [5.41, 5.74) is 17.4. The second kappa shape index (κ2) is 16.8. The molecule has 2 saturated carbocycles. The number of rotatable bonds is 7. The SMILES string of the molecule is CC1CC2CC(C)CC(C1)C21c2ccccc2C(c2ccccc2)(c2ccccc2)c2cc(N(c3ccc(-c4ccc(-n5c6ccccc6c6ccccc65)cc4)cc3)c3ccc4ccccc4c3)ccc21. The Hall–Kier alpha value is -7.94. The lowest BCUT2D eigenvalue weighted by Crippen LogP contribution is -2.56. The van der Waals surface area contributed by atoms with Crippen molar-refractivity contribution in [2.75, 3.05) is 4.90 Å². The molecular weight excluding hydrogens is 869 g/mol. The predicted octanol–water partition coefficient (Wildman–Crippen LogP) is 18.1. The van der Waals surface area contributed by atoms with Crippen molar-refractivity contribution in [2.24, 2.45) is 23.7 Å². The van der Waals surface area contributed by atoms with Crippen molar-refractivity contribution in [3.63, 3.8) is 0 Å². The van der Waals surface area contributed by atoms with Gasteiger partial charge in [-0.1, -0.05) is 196 Å². The smallest absolute Gasteiger partial charge is 0.0708 e. The molecule has 0 radical (unpaired) electrons. The van der Waals surface area contributed by atoms with E-state index in [0.717, 1.165) is 17.1 Å². The van der Waals surface area contributed by atoms with E-state index in [1.54, 1.807) is 5.56 Å². The molecule has 2 fully saturated rings. The molecule has 2 heteroatoms. The molecule has 3 aliphatic carbocycles. The molecule has 348 valence electrons. The first-order valence-corrected chi connectivity index (χ1v) is 26.3. The van der Waals surface area contributed by atoms with Crippen LogP contribution in [0.15, 0.2) is 243 Å². The molecule has 0 saturated heterocycles. The zero-order valence-electron chi connectivity index (χ0n) is 41.1. The van der Waals surface area contributed by atoms with Crippen molar-refractivity contribution in [3.8, 4) is 16.8 Å². The number of aromatic nitrogens is 1. The third-order valence-corrected chi connectivity index (χ3v) is 17.5. The molecule has 1 heterocycles. The Morgan fingerprint density at radius 1 is 0.375 bits per heavy atom. The molecular formula is C70H58N2. The van der Waals surface area contributed by atoms with E-state index >= 15 is 0 Å². The average molecular weight is 927 g/mol. The summed E-state index contributed by atoms with van der Waals surface area (Å²) in [6.07, 6.45) is 5.05. The number of anilines is 3. The first kappa shape index (κ1) is 42.9. The second-order valence-electron chi connectivity index (χ2n) is 21.5. The summed E-state index contributed by atoms with van der Waals surface area (Å²) in [4.78, 5) is 2.52. The molecule has 10 aromatic carbocycles. The Bertz CT molecular complexity index is 3690. The fraction of sp³-hybridized carbons (Fsp3) is 0.171. The Labute approximate surface area is 423 Å². The number of para-hydroxylation sites is 2. The monoisotopic (exact) mass is 926 g/mol. The molecule has 14 rings (SSSR count). The maximum Gasteiger partial charge on any atom is 0.0708 e. The first-order chi connectivity index (χ1) is 35.5. The summed E-state index contributed by atoms with van der Waals surface area (Å²) in [6.45, 7) is 5.04. The van der Waals surface area contributed by atoms with Gasteiger partial charge in [0.2, 0.25) is 0 Å². The molecule has 3 aliphatic rings. The van der Waals surface area contributed by atoms with E-state index in [2.05, 4.69) is 266 Å². The highest BCUT2D eigenvalue weighted by Gasteiger charge is 2.61. The van der Waals surface area contributed by atoms with Crippen LogP contribution >= 0.6 is 0 Å². The highest BCUT2D eigenvalue weighted by Crippen LogP contribution is 2.67. The van der Waals surface area contributed by atoms with Crippen molar-refractivity contribution >= 4 is 49.6 Å². The molecule has 1 spiro atoms. The largest absolute Gasteiger partial charge is 0.310 e. The Morgan fingerprint density at radius 2 is 0.833 bits per heavy atom. The number of benzene rings is 10. The van der Waals surface area contributed by atoms with E-state index in [9.17, 15) is 0 Å². The zero-order valence-corrected chi connectivity index (χ0v) is 41.1. The lowest BCUT2D eigenvalue weighted by molar-refractivity contribution is 0.0238. The van der Waals surface area contributed by atoms with Gasteiger partial charge >= 0.3 is 0 Å². The van der Waals surface area contributed by atoms with Crippen LogP contribution in [0.4, 0.5) is 17.1 Å². The molecule has 1 aromatic heterocycles. The summed E-state index contributed by atoms with van der Waals surface area (Å²) < 4.78 is 2.39. The highest BCUT2D eigenvalue weighted by molar-refractivity contribution is 6.09. The summed E-state index contributed by atoms with van der Waals surface area (Å²) >= 11 is 0. The molecule has 0 atom stereocenters. The van der Waals surface area contributed by atoms with Crippen molar-refractivity contribution in [3.05, 3.63) is 276 Å². The van der Waals surface area contributed by atoms with Crippen molar-refractivity contribution in [2.45, 2.75) is 50.4 Å². The molecule has 2 nitrogen and oxygen atoms in total. The first-order valence-electron chi connectivity index (χ1n) is 26.3. The zero-order chi connectivity index (χ0) is 48.0. The normalized spacial score (nSPS) is 20.9. The lowest BCUT2D eigenvalue weighted by atomic mass is 9.41. The molecule has 0 unspecified atom stereocenters. The van der Waals surface area contributed by atoms with Gasteiger partial charge in [-0.25, -0.2) is 0 Å². The molecule has 72 heavy (non-hydrogen) atoms. The van der Waals surface area contributed by atoms with Gasteiger partial charge in [0, 0.05) is 38.9 Å².